The van der Waals surface area contributed by atoms with Gasteiger partial charge < -0.3 is 10.1 Å². The van der Waals surface area contributed by atoms with Gasteiger partial charge in [0.25, 0.3) is 0 Å². The van der Waals surface area contributed by atoms with Crippen LogP contribution in [0.5, 0.6) is 0 Å². The predicted molar refractivity (Wildman–Crippen MR) is 108 cm³/mol. The second-order valence-electron chi connectivity index (χ2n) is 8.15. The molecule has 2 atom stereocenters. The zero-order chi connectivity index (χ0) is 21.2. The molecule has 1 saturated carbocycles. The number of esters is 1. The van der Waals surface area contributed by atoms with Gasteiger partial charge in [-0.15, -0.1) is 0 Å². The summed E-state index contributed by atoms with van der Waals surface area (Å²) in [4.78, 5) is 36.5. The van der Waals surface area contributed by atoms with E-state index in [1.165, 1.54) is 0 Å². The molecule has 7 heteroatoms. The van der Waals surface area contributed by atoms with Crippen molar-refractivity contribution in [3.63, 3.8) is 0 Å². The Morgan fingerprint density at radius 1 is 1.24 bits per heavy atom. The first-order valence-corrected chi connectivity index (χ1v) is 10.3. The van der Waals surface area contributed by atoms with Crippen LogP contribution in [0.1, 0.15) is 51.5 Å². The Labute approximate surface area is 172 Å². The van der Waals surface area contributed by atoms with Crippen molar-refractivity contribution in [2.45, 2.75) is 64.5 Å². The van der Waals surface area contributed by atoms with E-state index in [1.54, 1.807) is 0 Å². The van der Waals surface area contributed by atoms with Crippen LogP contribution in [0.4, 0.5) is 0 Å². The van der Waals surface area contributed by atoms with E-state index >= 15 is 0 Å². The van der Waals surface area contributed by atoms with Crippen molar-refractivity contribution in [3.05, 3.63) is 35.9 Å². The van der Waals surface area contributed by atoms with Gasteiger partial charge in [-0.1, -0.05) is 44.2 Å². The van der Waals surface area contributed by atoms with E-state index in [0.29, 0.717) is 17.9 Å². The number of nitrogens with zero attached hydrogens (tertiary/aromatic N) is 1. The number of hydrogen-bond acceptors (Lipinski definition) is 5. The molecule has 0 aromatic heterocycles. The lowest BCUT2D eigenvalue weighted by atomic mass is 9.95. The van der Waals surface area contributed by atoms with E-state index < -0.39 is 17.9 Å². The molecule has 7 nitrogen and oxygen atoms in total. The summed E-state index contributed by atoms with van der Waals surface area (Å²) in [6, 6.07) is 8.63. The number of hydrogen-bond donors (Lipinski definition) is 2. The summed E-state index contributed by atoms with van der Waals surface area (Å²) in [6.07, 6.45) is 4.78. The number of carbonyl (C=O) groups excluding carboxylic acids is 3. The summed E-state index contributed by atoms with van der Waals surface area (Å²) in [5.74, 6) is -1.25. The summed E-state index contributed by atoms with van der Waals surface area (Å²) >= 11 is 0. The van der Waals surface area contributed by atoms with Crippen LogP contribution in [0.15, 0.2) is 30.3 Å². The summed E-state index contributed by atoms with van der Waals surface area (Å²) in [5, 5.41) is 12.8. The van der Waals surface area contributed by atoms with Crippen LogP contribution >= 0.6 is 0 Å². The van der Waals surface area contributed by atoms with Crippen molar-refractivity contribution >= 4 is 18.3 Å². The third-order valence-corrected chi connectivity index (χ3v) is 5.12. The highest BCUT2D eigenvalue weighted by Crippen LogP contribution is 2.22. The minimum Gasteiger partial charge on any atom is -0.461 e. The first-order chi connectivity index (χ1) is 13.9. The van der Waals surface area contributed by atoms with Crippen LogP contribution in [0, 0.1) is 11.8 Å². The van der Waals surface area contributed by atoms with Gasteiger partial charge in [-0.05, 0) is 43.6 Å². The second kappa shape index (κ2) is 11.6. The van der Waals surface area contributed by atoms with Crippen molar-refractivity contribution in [1.29, 1.82) is 0 Å². The molecule has 2 N–H and O–H groups in total. The maximum Gasteiger partial charge on any atom is 0.329 e. The molecule has 0 spiro atoms. The molecule has 0 unspecified atom stereocenters. The largest absolute Gasteiger partial charge is 0.461 e. The standard InChI is InChI=1S/C22H32N2O5/c1-16(2)12-18(14-24(28)15-25)21(26)23-20(13-17-8-4-3-5-9-17)22(27)29-19-10-6-7-11-19/h3-5,8-9,15-16,18-20,28H,6-7,10-14H2,1-2H3,(H,23,26)/t18-,20+/m1/s1. The van der Waals surface area contributed by atoms with E-state index in [2.05, 4.69) is 5.32 Å². The molecule has 1 aromatic carbocycles. The molecule has 0 heterocycles. The van der Waals surface area contributed by atoms with Crippen LogP contribution in [0.2, 0.25) is 0 Å². The Balaban J connectivity index is 2.11. The molecule has 0 radical (unpaired) electrons. The minimum atomic E-state index is -0.816. The molecule has 29 heavy (non-hydrogen) atoms. The molecule has 0 aliphatic heterocycles. The zero-order valence-electron chi connectivity index (χ0n) is 17.3. The normalized spacial score (nSPS) is 16.3. The zero-order valence-corrected chi connectivity index (χ0v) is 17.3. The lowest BCUT2D eigenvalue weighted by molar-refractivity contribution is -0.157. The molecule has 0 bridgehead atoms. The molecule has 1 aliphatic carbocycles. The van der Waals surface area contributed by atoms with E-state index in [4.69, 9.17) is 4.74 Å². The van der Waals surface area contributed by atoms with Crippen molar-refractivity contribution in [1.82, 2.24) is 10.4 Å². The summed E-state index contributed by atoms with van der Waals surface area (Å²) in [6.45, 7) is 3.79. The Morgan fingerprint density at radius 2 is 1.90 bits per heavy atom. The summed E-state index contributed by atoms with van der Waals surface area (Å²) in [5.41, 5.74) is 0.915. The third-order valence-electron chi connectivity index (χ3n) is 5.12. The minimum absolute atomic E-state index is 0.0906. The molecule has 2 rings (SSSR count). The molecule has 0 saturated heterocycles. The van der Waals surface area contributed by atoms with Gasteiger partial charge in [-0.25, -0.2) is 9.86 Å². The van der Waals surface area contributed by atoms with Crippen LogP contribution in [0.25, 0.3) is 0 Å². The number of amides is 2. The van der Waals surface area contributed by atoms with Crippen molar-refractivity contribution in [2.24, 2.45) is 11.8 Å². The number of carbonyl (C=O) groups is 3. The number of rotatable bonds is 11. The van der Waals surface area contributed by atoms with Gasteiger partial charge in [0.15, 0.2) is 0 Å². The van der Waals surface area contributed by atoms with Crippen LogP contribution in [0.3, 0.4) is 0 Å². The molecule has 1 fully saturated rings. The smallest absolute Gasteiger partial charge is 0.329 e. The molecule has 2 amide bonds. The molecule has 160 valence electrons. The fraction of sp³-hybridized carbons (Fsp3) is 0.591. The maximum absolute atomic E-state index is 12.9. The van der Waals surface area contributed by atoms with Crippen LogP contribution < -0.4 is 5.32 Å². The van der Waals surface area contributed by atoms with Gasteiger partial charge in [-0.2, -0.15) is 0 Å². The second-order valence-corrected chi connectivity index (χ2v) is 8.15. The molecule has 1 aromatic rings. The van der Waals surface area contributed by atoms with E-state index in [-0.39, 0.29) is 30.9 Å². The van der Waals surface area contributed by atoms with E-state index in [9.17, 15) is 19.6 Å². The Morgan fingerprint density at radius 3 is 2.48 bits per heavy atom. The van der Waals surface area contributed by atoms with Gasteiger partial charge in [0.2, 0.25) is 12.3 Å². The van der Waals surface area contributed by atoms with E-state index in [1.807, 2.05) is 44.2 Å². The Kier molecular flexibility index (Phi) is 9.12. The van der Waals surface area contributed by atoms with Crippen molar-refractivity contribution < 1.29 is 24.3 Å². The van der Waals surface area contributed by atoms with Gasteiger partial charge in [0, 0.05) is 6.42 Å². The lowest BCUT2D eigenvalue weighted by Crippen LogP contribution is -2.48. The summed E-state index contributed by atoms with van der Waals surface area (Å²) < 4.78 is 5.64. The maximum atomic E-state index is 12.9. The van der Waals surface area contributed by atoms with Crippen LogP contribution in [-0.2, 0) is 25.5 Å². The fourth-order valence-corrected chi connectivity index (χ4v) is 3.69. The number of benzene rings is 1. The Bertz CT molecular complexity index is 658. The van der Waals surface area contributed by atoms with Crippen LogP contribution in [-0.4, -0.2) is 47.2 Å². The highest BCUT2D eigenvalue weighted by atomic mass is 16.5. The summed E-state index contributed by atoms with van der Waals surface area (Å²) in [7, 11) is 0. The first-order valence-electron chi connectivity index (χ1n) is 10.3. The topological polar surface area (TPSA) is 95.9 Å². The highest BCUT2D eigenvalue weighted by Gasteiger charge is 2.30. The average molecular weight is 405 g/mol. The number of nitrogens with one attached hydrogen (secondary N) is 1. The number of hydroxylamine groups is 2. The SMILES string of the molecule is CC(C)C[C@H](CN(O)C=O)C(=O)N[C@@H](Cc1ccccc1)C(=O)OC1CCCC1. The van der Waals surface area contributed by atoms with Gasteiger partial charge >= 0.3 is 5.97 Å². The molecular weight excluding hydrogens is 372 g/mol. The predicted octanol–water partition coefficient (Wildman–Crippen LogP) is 2.71. The number of ether oxygens (including phenoxy) is 1. The lowest BCUT2D eigenvalue weighted by Gasteiger charge is -2.25. The Hall–Kier alpha value is -2.41. The first kappa shape index (κ1) is 22.9. The molecule has 1 aliphatic rings. The van der Waals surface area contributed by atoms with E-state index in [0.717, 1.165) is 31.2 Å². The fourth-order valence-electron chi connectivity index (χ4n) is 3.69. The van der Waals surface area contributed by atoms with Crippen molar-refractivity contribution in [2.75, 3.05) is 6.54 Å². The highest BCUT2D eigenvalue weighted by molar-refractivity contribution is 5.86. The monoisotopic (exact) mass is 404 g/mol. The van der Waals surface area contributed by atoms with Gasteiger partial charge in [-0.3, -0.25) is 14.8 Å². The van der Waals surface area contributed by atoms with Gasteiger partial charge in [0.1, 0.15) is 12.1 Å². The van der Waals surface area contributed by atoms with Gasteiger partial charge in [0.05, 0.1) is 12.5 Å². The quantitative estimate of drug-likeness (QED) is 0.256. The van der Waals surface area contributed by atoms with Crippen molar-refractivity contribution in [3.8, 4) is 0 Å². The third kappa shape index (κ3) is 7.85. The molecular formula is C22H32N2O5. The average Bonchev–Trinajstić information content (AvgIpc) is 3.20.